The van der Waals surface area contributed by atoms with Gasteiger partial charge in [0.25, 0.3) is 0 Å². The molecule has 1 atom stereocenters. The lowest BCUT2D eigenvalue weighted by Crippen LogP contribution is -2.21. The van der Waals surface area contributed by atoms with Gasteiger partial charge in [0, 0.05) is 16.6 Å². The van der Waals surface area contributed by atoms with E-state index in [2.05, 4.69) is 6.92 Å². The van der Waals surface area contributed by atoms with Crippen molar-refractivity contribution in [3.63, 3.8) is 0 Å². The summed E-state index contributed by atoms with van der Waals surface area (Å²) in [5, 5.41) is 0.498. The van der Waals surface area contributed by atoms with Crippen molar-refractivity contribution in [2.45, 2.75) is 32.4 Å². The Bertz CT molecular complexity index is 603. The van der Waals surface area contributed by atoms with Crippen molar-refractivity contribution >= 4 is 11.6 Å². The predicted octanol–water partition coefficient (Wildman–Crippen LogP) is 4.34. The summed E-state index contributed by atoms with van der Waals surface area (Å²) < 4.78 is 19.3. The lowest BCUT2D eigenvalue weighted by atomic mass is 10.0. The monoisotopic (exact) mass is 307 g/mol. The number of halogens is 2. The van der Waals surface area contributed by atoms with E-state index < -0.39 is 0 Å². The van der Waals surface area contributed by atoms with Crippen LogP contribution >= 0.6 is 11.6 Å². The van der Waals surface area contributed by atoms with E-state index in [0.717, 1.165) is 18.4 Å². The lowest BCUT2D eigenvalue weighted by molar-refractivity contribution is 0.299. The Hall–Kier alpha value is -1.58. The molecule has 112 valence electrons. The smallest absolute Gasteiger partial charge is 0.129 e. The first kappa shape index (κ1) is 15.8. The third kappa shape index (κ3) is 4.73. The fourth-order valence-electron chi connectivity index (χ4n) is 2.02. The number of hydrogen-bond donors (Lipinski definition) is 1. The molecule has 0 aliphatic carbocycles. The van der Waals surface area contributed by atoms with Gasteiger partial charge in [-0.3, -0.25) is 0 Å². The molecule has 0 aromatic heterocycles. The van der Waals surface area contributed by atoms with Crippen LogP contribution in [0.1, 0.15) is 24.5 Å². The number of rotatable bonds is 6. The van der Waals surface area contributed by atoms with Crippen molar-refractivity contribution in [2.75, 3.05) is 0 Å². The highest BCUT2D eigenvalue weighted by Gasteiger charge is 2.06. The molecule has 0 spiro atoms. The van der Waals surface area contributed by atoms with Crippen LogP contribution in [0.2, 0.25) is 5.02 Å². The Kier molecular flexibility index (Phi) is 5.59. The fourth-order valence-corrected chi connectivity index (χ4v) is 2.22. The quantitative estimate of drug-likeness (QED) is 0.861. The molecule has 0 radical (unpaired) electrons. The molecule has 2 aromatic rings. The van der Waals surface area contributed by atoms with E-state index in [1.54, 1.807) is 6.07 Å². The van der Waals surface area contributed by atoms with Gasteiger partial charge in [0.2, 0.25) is 0 Å². The van der Waals surface area contributed by atoms with E-state index in [4.69, 9.17) is 22.1 Å². The maximum atomic E-state index is 13.6. The molecular weight excluding hydrogens is 289 g/mol. The molecular formula is C17H19ClFNO. The zero-order chi connectivity index (χ0) is 15.2. The molecule has 0 bridgehead atoms. The molecule has 4 heteroatoms. The fraction of sp³-hybridized carbons (Fsp3) is 0.294. The van der Waals surface area contributed by atoms with Gasteiger partial charge in [-0.1, -0.05) is 30.7 Å². The molecule has 21 heavy (non-hydrogen) atoms. The summed E-state index contributed by atoms with van der Waals surface area (Å²) in [6.07, 6.45) is 1.73. The molecule has 0 heterocycles. The van der Waals surface area contributed by atoms with Crippen LogP contribution in [0.15, 0.2) is 42.5 Å². The van der Waals surface area contributed by atoms with Crippen LogP contribution in [0.25, 0.3) is 0 Å². The molecule has 0 fully saturated rings. The zero-order valence-electron chi connectivity index (χ0n) is 12.0. The van der Waals surface area contributed by atoms with E-state index in [1.807, 2.05) is 24.3 Å². The van der Waals surface area contributed by atoms with Crippen molar-refractivity contribution in [1.29, 1.82) is 0 Å². The minimum absolute atomic E-state index is 0.144. The summed E-state index contributed by atoms with van der Waals surface area (Å²) in [5.41, 5.74) is 7.51. The number of hydrogen-bond acceptors (Lipinski definition) is 2. The maximum Gasteiger partial charge on any atom is 0.129 e. The summed E-state index contributed by atoms with van der Waals surface area (Å²) in [6.45, 7) is 2.21. The highest BCUT2D eigenvalue weighted by atomic mass is 35.5. The molecule has 2 N–H and O–H groups in total. The van der Waals surface area contributed by atoms with Crippen molar-refractivity contribution < 1.29 is 9.13 Å². The van der Waals surface area contributed by atoms with E-state index in [0.29, 0.717) is 16.3 Å². The Morgan fingerprint density at radius 1 is 1.24 bits per heavy atom. The average molecular weight is 308 g/mol. The van der Waals surface area contributed by atoms with Gasteiger partial charge in [-0.05, 0) is 48.7 Å². The summed E-state index contributed by atoms with van der Waals surface area (Å²) in [6, 6.07) is 12.3. The van der Waals surface area contributed by atoms with Crippen LogP contribution in [-0.4, -0.2) is 6.04 Å². The molecule has 2 rings (SSSR count). The third-order valence-corrected chi connectivity index (χ3v) is 3.56. The van der Waals surface area contributed by atoms with E-state index in [1.165, 1.54) is 12.1 Å². The minimum Gasteiger partial charge on any atom is -0.489 e. The first-order chi connectivity index (χ1) is 10.1. The Morgan fingerprint density at radius 2 is 2.05 bits per heavy atom. The van der Waals surface area contributed by atoms with E-state index in [9.17, 15) is 4.39 Å². The minimum atomic E-state index is -0.316. The van der Waals surface area contributed by atoms with Crippen LogP contribution in [-0.2, 0) is 13.0 Å². The average Bonchev–Trinajstić information content (AvgIpc) is 2.48. The Morgan fingerprint density at radius 3 is 2.81 bits per heavy atom. The normalized spacial score (nSPS) is 12.2. The largest absolute Gasteiger partial charge is 0.489 e. The molecule has 1 unspecified atom stereocenters. The van der Waals surface area contributed by atoms with Gasteiger partial charge in [-0.2, -0.15) is 0 Å². The van der Waals surface area contributed by atoms with Crippen molar-refractivity contribution in [2.24, 2.45) is 5.73 Å². The number of nitrogens with two attached hydrogens (primary N) is 1. The summed E-state index contributed by atoms with van der Waals surface area (Å²) >= 11 is 5.86. The van der Waals surface area contributed by atoms with Crippen LogP contribution in [0.3, 0.4) is 0 Å². The number of benzene rings is 2. The molecule has 0 amide bonds. The third-order valence-electron chi connectivity index (χ3n) is 3.32. The Balaban J connectivity index is 2.03. The van der Waals surface area contributed by atoms with Gasteiger partial charge in [0.1, 0.15) is 18.2 Å². The van der Waals surface area contributed by atoms with Crippen molar-refractivity contribution in [1.82, 2.24) is 0 Å². The van der Waals surface area contributed by atoms with Crippen LogP contribution in [0, 0.1) is 5.82 Å². The topological polar surface area (TPSA) is 35.2 Å². The van der Waals surface area contributed by atoms with E-state index >= 15 is 0 Å². The summed E-state index contributed by atoms with van der Waals surface area (Å²) in [7, 11) is 0. The SMILES string of the molecule is CCC(N)Cc1cccc(OCc2cc(Cl)ccc2F)c1. The highest BCUT2D eigenvalue weighted by molar-refractivity contribution is 6.30. The second-order valence-electron chi connectivity index (χ2n) is 5.04. The standard InChI is InChI=1S/C17H19ClFNO/c1-2-15(20)8-12-4-3-5-16(9-12)21-11-13-10-14(18)6-7-17(13)19/h3-7,9-10,15H,2,8,11,20H2,1H3. The van der Waals surface area contributed by atoms with Gasteiger partial charge in [-0.15, -0.1) is 0 Å². The van der Waals surface area contributed by atoms with Gasteiger partial charge in [0.05, 0.1) is 0 Å². The van der Waals surface area contributed by atoms with Gasteiger partial charge in [-0.25, -0.2) is 4.39 Å². The zero-order valence-corrected chi connectivity index (χ0v) is 12.7. The molecule has 0 saturated heterocycles. The second-order valence-corrected chi connectivity index (χ2v) is 5.48. The lowest BCUT2D eigenvalue weighted by Gasteiger charge is -2.11. The molecule has 2 nitrogen and oxygen atoms in total. The molecule has 2 aromatic carbocycles. The predicted molar refractivity (Wildman–Crippen MR) is 84.2 cm³/mol. The van der Waals surface area contributed by atoms with E-state index in [-0.39, 0.29) is 18.5 Å². The first-order valence-corrected chi connectivity index (χ1v) is 7.37. The maximum absolute atomic E-state index is 13.6. The van der Waals surface area contributed by atoms with Crippen molar-refractivity contribution in [3.05, 3.63) is 64.4 Å². The molecule has 0 aliphatic rings. The summed E-state index contributed by atoms with van der Waals surface area (Å²) in [4.78, 5) is 0. The first-order valence-electron chi connectivity index (χ1n) is 6.99. The molecule has 0 saturated carbocycles. The van der Waals surface area contributed by atoms with Crippen LogP contribution < -0.4 is 10.5 Å². The summed E-state index contributed by atoms with van der Waals surface area (Å²) in [5.74, 6) is 0.388. The van der Waals surface area contributed by atoms with Gasteiger partial charge in [0.15, 0.2) is 0 Å². The van der Waals surface area contributed by atoms with Crippen LogP contribution in [0.5, 0.6) is 5.75 Å². The van der Waals surface area contributed by atoms with Gasteiger partial charge >= 0.3 is 0 Å². The van der Waals surface area contributed by atoms with Gasteiger partial charge < -0.3 is 10.5 Å². The second kappa shape index (κ2) is 7.43. The molecule has 0 aliphatic heterocycles. The number of ether oxygens (including phenoxy) is 1. The Labute approximate surface area is 129 Å². The highest BCUT2D eigenvalue weighted by Crippen LogP contribution is 2.19. The van der Waals surface area contributed by atoms with Crippen molar-refractivity contribution in [3.8, 4) is 5.75 Å². The van der Waals surface area contributed by atoms with Crippen LogP contribution in [0.4, 0.5) is 4.39 Å².